The lowest BCUT2D eigenvalue weighted by atomic mass is 9.49. The maximum Gasteiger partial charge on any atom is 0.508 e. The summed E-state index contributed by atoms with van der Waals surface area (Å²) in [4.78, 5) is 12.0. The zero-order chi connectivity index (χ0) is 17.1. The van der Waals surface area contributed by atoms with Crippen LogP contribution in [0.4, 0.5) is 4.79 Å². The SMILES string of the molecule is CC1(C)[C@H]2CC=C(COC(=O)OCC3=CC[C@H]4C[C@@H]3C4(C)C)[C@@H]1C2. The lowest BCUT2D eigenvalue weighted by Gasteiger charge is -2.56. The predicted molar refractivity (Wildman–Crippen MR) is 93.5 cm³/mol. The maximum absolute atomic E-state index is 12.0. The van der Waals surface area contributed by atoms with Crippen LogP contribution in [0.15, 0.2) is 23.3 Å². The standard InChI is InChI=1S/C21H30O3/c1-20(2)15-7-5-13(17(20)9-15)11-23-19(22)24-12-14-6-8-16-10-18(14)21(16,3)4/h5-6,15-18H,7-12H2,1-4H3/t15-,16-,17-,18-/m0/s1. The first-order chi connectivity index (χ1) is 11.3. The zero-order valence-electron chi connectivity index (χ0n) is 15.4. The van der Waals surface area contributed by atoms with Crippen molar-refractivity contribution in [3.05, 3.63) is 23.3 Å². The Balaban J connectivity index is 1.25. The molecular formula is C21H30O3. The summed E-state index contributed by atoms with van der Waals surface area (Å²) in [5.41, 5.74) is 3.33. The van der Waals surface area contributed by atoms with Gasteiger partial charge in [-0.2, -0.15) is 0 Å². The van der Waals surface area contributed by atoms with Crippen molar-refractivity contribution in [3.63, 3.8) is 0 Å². The molecule has 3 heteroatoms. The highest BCUT2D eigenvalue weighted by molar-refractivity contribution is 5.60. The van der Waals surface area contributed by atoms with Gasteiger partial charge in [0.2, 0.25) is 0 Å². The average Bonchev–Trinajstić information content (AvgIpc) is 2.58. The fourth-order valence-electron chi connectivity index (χ4n) is 5.61. The van der Waals surface area contributed by atoms with Crippen LogP contribution < -0.4 is 0 Å². The van der Waals surface area contributed by atoms with Crippen molar-refractivity contribution in [1.29, 1.82) is 0 Å². The molecule has 0 radical (unpaired) electrons. The lowest BCUT2D eigenvalue weighted by Crippen LogP contribution is -2.49. The molecule has 4 bridgehead atoms. The molecule has 6 aliphatic carbocycles. The Morgan fingerprint density at radius 3 is 1.67 bits per heavy atom. The molecule has 0 aromatic rings. The Morgan fingerprint density at radius 1 is 0.917 bits per heavy atom. The van der Waals surface area contributed by atoms with E-state index in [0.717, 1.165) is 24.7 Å². The van der Waals surface area contributed by atoms with Crippen LogP contribution in [0.25, 0.3) is 0 Å². The van der Waals surface area contributed by atoms with Gasteiger partial charge in [-0.25, -0.2) is 4.79 Å². The van der Waals surface area contributed by atoms with Crippen molar-refractivity contribution in [2.24, 2.45) is 34.5 Å². The number of allylic oxidation sites excluding steroid dienone is 2. The van der Waals surface area contributed by atoms with Crippen LogP contribution in [0.5, 0.6) is 0 Å². The van der Waals surface area contributed by atoms with Crippen LogP contribution in [0, 0.1) is 34.5 Å². The Bertz CT molecular complexity index is 559. The molecule has 6 aliphatic rings. The van der Waals surface area contributed by atoms with E-state index in [2.05, 4.69) is 39.8 Å². The molecule has 24 heavy (non-hydrogen) atoms. The Hall–Kier alpha value is -1.25. The van der Waals surface area contributed by atoms with Crippen molar-refractivity contribution >= 4 is 6.16 Å². The summed E-state index contributed by atoms with van der Waals surface area (Å²) in [5, 5.41) is 0. The zero-order valence-corrected chi connectivity index (χ0v) is 15.4. The molecule has 132 valence electrons. The van der Waals surface area contributed by atoms with Gasteiger partial charge >= 0.3 is 6.16 Å². The summed E-state index contributed by atoms with van der Waals surface area (Å²) in [6.45, 7) is 10.1. The van der Waals surface area contributed by atoms with E-state index in [1.54, 1.807) is 0 Å². The molecule has 0 spiro atoms. The number of carbonyl (C=O) groups is 1. The minimum atomic E-state index is -0.518. The van der Waals surface area contributed by atoms with E-state index in [0.29, 0.717) is 35.9 Å². The molecule has 0 aromatic heterocycles. The Kier molecular flexibility index (Phi) is 3.63. The van der Waals surface area contributed by atoms with Crippen LogP contribution in [0.1, 0.15) is 53.4 Å². The Labute approximate surface area is 145 Å². The average molecular weight is 330 g/mol. The second kappa shape index (κ2) is 5.37. The van der Waals surface area contributed by atoms with Crippen molar-refractivity contribution < 1.29 is 14.3 Å². The summed E-state index contributed by atoms with van der Waals surface area (Å²) in [5.74, 6) is 2.79. The van der Waals surface area contributed by atoms with E-state index in [1.807, 2.05) is 0 Å². The monoisotopic (exact) mass is 330 g/mol. The molecule has 3 nitrogen and oxygen atoms in total. The van der Waals surface area contributed by atoms with Gasteiger partial charge in [0.15, 0.2) is 0 Å². The van der Waals surface area contributed by atoms with E-state index in [1.165, 1.54) is 24.0 Å². The van der Waals surface area contributed by atoms with E-state index in [4.69, 9.17) is 9.47 Å². The van der Waals surface area contributed by atoms with Crippen molar-refractivity contribution in [3.8, 4) is 0 Å². The maximum atomic E-state index is 12.0. The van der Waals surface area contributed by atoms with E-state index in [9.17, 15) is 4.79 Å². The van der Waals surface area contributed by atoms with Crippen molar-refractivity contribution in [1.82, 2.24) is 0 Å². The van der Waals surface area contributed by atoms with Gasteiger partial charge in [-0.1, -0.05) is 39.8 Å². The normalized spacial score (nSPS) is 37.3. The molecule has 4 atom stereocenters. The fraction of sp³-hybridized carbons (Fsp3) is 0.762. The number of hydrogen-bond acceptors (Lipinski definition) is 3. The molecule has 0 unspecified atom stereocenters. The molecule has 2 saturated carbocycles. The summed E-state index contributed by atoms with van der Waals surface area (Å²) in [6, 6.07) is 0. The molecule has 0 amide bonds. The third-order valence-electron chi connectivity index (χ3n) is 7.88. The van der Waals surface area contributed by atoms with Gasteiger partial charge in [-0.3, -0.25) is 0 Å². The van der Waals surface area contributed by atoms with Gasteiger partial charge < -0.3 is 9.47 Å². The van der Waals surface area contributed by atoms with Crippen LogP contribution in [0.3, 0.4) is 0 Å². The lowest BCUT2D eigenvalue weighted by molar-refractivity contribution is -0.0229. The molecule has 2 fully saturated rings. The summed E-state index contributed by atoms with van der Waals surface area (Å²) in [6.07, 6.45) is 8.79. The van der Waals surface area contributed by atoms with E-state index < -0.39 is 6.16 Å². The first-order valence-electron chi connectivity index (χ1n) is 9.47. The number of hydrogen-bond donors (Lipinski definition) is 0. The number of carbonyl (C=O) groups excluding carboxylic acids is 1. The Morgan fingerprint density at radius 2 is 1.33 bits per heavy atom. The molecular weight excluding hydrogens is 300 g/mol. The van der Waals surface area contributed by atoms with Gasteiger partial charge in [0, 0.05) is 0 Å². The van der Waals surface area contributed by atoms with Gasteiger partial charge in [-0.15, -0.1) is 0 Å². The highest BCUT2D eigenvalue weighted by Crippen LogP contribution is 2.60. The highest BCUT2D eigenvalue weighted by Gasteiger charge is 2.52. The van der Waals surface area contributed by atoms with Crippen molar-refractivity contribution in [2.45, 2.75) is 53.4 Å². The highest BCUT2D eigenvalue weighted by atomic mass is 16.7. The van der Waals surface area contributed by atoms with E-state index >= 15 is 0 Å². The summed E-state index contributed by atoms with van der Waals surface area (Å²) in [7, 11) is 0. The topological polar surface area (TPSA) is 35.5 Å². The van der Waals surface area contributed by atoms with Crippen LogP contribution in [0.2, 0.25) is 0 Å². The molecule has 0 aliphatic heterocycles. The van der Waals surface area contributed by atoms with Gasteiger partial charge in [0.05, 0.1) is 0 Å². The smallest absolute Gasteiger partial charge is 0.430 e. The number of fused-ring (bicyclic) bond motifs is 2. The van der Waals surface area contributed by atoms with Gasteiger partial charge in [-0.05, 0) is 71.3 Å². The summed E-state index contributed by atoms with van der Waals surface area (Å²) < 4.78 is 10.8. The van der Waals surface area contributed by atoms with Gasteiger partial charge in [0.25, 0.3) is 0 Å². The first-order valence-corrected chi connectivity index (χ1v) is 9.47. The fourth-order valence-corrected chi connectivity index (χ4v) is 5.61. The van der Waals surface area contributed by atoms with Crippen LogP contribution in [-0.4, -0.2) is 19.4 Å². The molecule has 0 saturated heterocycles. The van der Waals surface area contributed by atoms with Crippen LogP contribution >= 0.6 is 0 Å². The second-order valence-electron chi connectivity index (χ2n) is 9.47. The molecule has 6 rings (SSSR count). The largest absolute Gasteiger partial charge is 0.508 e. The first kappa shape index (κ1) is 16.2. The third kappa shape index (κ3) is 2.34. The third-order valence-corrected chi connectivity index (χ3v) is 7.88. The summed E-state index contributed by atoms with van der Waals surface area (Å²) >= 11 is 0. The molecule has 0 N–H and O–H groups in total. The quantitative estimate of drug-likeness (QED) is 0.530. The minimum absolute atomic E-state index is 0.372. The second-order valence-corrected chi connectivity index (χ2v) is 9.47. The minimum Gasteiger partial charge on any atom is -0.430 e. The predicted octanol–water partition coefficient (Wildman–Crippen LogP) is 5.12. The molecule has 0 heterocycles. The van der Waals surface area contributed by atoms with Crippen molar-refractivity contribution in [2.75, 3.05) is 13.2 Å². The van der Waals surface area contributed by atoms with E-state index in [-0.39, 0.29) is 0 Å². The van der Waals surface area contributed by atoms with Crippen LogP contribution in [-0.2, 0) is 9.47 Å². The molecule has 0 aromatic carbocycles. The number of ether oxygens (including phenoxy) is 2. The van der Waals surface area contributed by atoms with Gasteiger partial charge in [0.1, 0.15) is 13.2 Å². The number of rotatable bonds is 4.